The topological polar surface area (TPSA) is 105 Å². The molecule has 2 aliphatic rings. The third kappa shape index (κ3) is 2.18. The fourth-order valence-corrected chi connectivity index (χ4v) is 3.47. The number of hydrogen-bond donors (Lipinski definition) is 2. The second-order valence-corrected chi connectivity index (χ2v) is 5.74. The van der Waals surface area contributed by atoms with E-state index in [9.17, 15) is 14.9 Å². The number of nitrogens with one attached hydrogen (secondary N) is 1. The van der Waals surface area contributed by atoms with Gasteiger partial charge in [-0.05, 0) is 35.7 Å². The van der Waals surface area contributed by atoms with Crippen molar-refractivity contribution >= 4 is 11.7 Å². The van der Waals surface area contributed by atoms with Crippen LogP contribution in [0.5, 0.6) is 0 Å². The summed E-state index contributed by atoms with van der Waals surface area (Å²) in [6.45, 7) is 1.38. The molecule has 7 heteroatoms. The van der Waals surface area contributed by atoms with Crippen molar-refractivity contribution in [2.45, 2.75) is 25.3 Å². The lowest BCUT2D eigenvalue weighted by molar-refractivity contribution is -0.389. The summed E-state index contributed by atoms with van der Waals surface area (Å²) >= 11 is 0. The first-order chi connectivity index (χ1) is 9.56. The van der Waals surface area contributed by atoms with Crippen LogP contribution < -0.4 is 5.73 Å². The van der Waals surface area contributed by atoms with Crippen LogP contribution in [0.4, 0.5) is 5.82 Å². The molecule has 0 bridgehead atoms. The van der Waals surface area contributed by atoms with Crippen molar-refractivity contribution in [1.82, 2.24) is 9.88 Å². The molecule has 3 rings (SSSR count). The van der Waals surface area contributed by atoms with Gasteiger partial charge in [-0.25, -0.2) is 4.98 Å². The Labute approximate surface area is 116 Å². The van der Waals surface area contributed by atoms with Crippen molar-refractivity contribution in [3.63, 3.8) is 0 Å². The minimum absolute atomic E-state index is 0.151. The van der Waals surface area contributed by atoms with Gasteiger partial charge in [0, 0.05) is 25.2 Å². The Hall–Kier alpha value is -1.89. The number of aromatic amines is 1. The summed E-state index contributed by atoms with van der Waals surface area (Å²) in [5.41, 5.74) is 6.41. The Morgan fingerprint density at radius 1 is 1.40 bits per heavy atom. The zero-order valence-corrected chi connectivity index (χ0v) is 11.1. The Kier molecular flexibility index (Phi) is 3.21. The minimum atomic E-state index is -0.531. The number of likely N-dealkylation sites (tertiary alicyclic amines) is 1. The third-order valence-corrected chi connectivity index (χ3v) is 4.54. The number of nitrogens with two attached hydrogens (primary N) is 1. The molecule has 0 radical (unpaired) electrons. The van der Waals surface area contributed by atoms with E-state index in [1.807, 2.05) is 0 Å². The van der Waals surface area contributed by atoms with Gasteiger partial charge in [0.25, 0.3) is 5.91 Å². The van der Waals surface area contributed by atoms with E-state index in [-0.39, 0.29) is 23.5 Å². The predicted octanol–water partition coefficient (Wildman–Crippen LogP) is 1.12. The van der Waals surface area contributed by atoms with Crippen molar-refractivity contribution < 1.29 is 9.72 Å². The standard InChI is InChI=1S/C13H18N4O3/c14-10-3-1-2-8-6-16(7-9(8)10)13(18)11-4-5-12(15-11)17(19)20/h4-5,8-10,15H,1-3,6-7,14H2. The Morgan fingerprint density at radius 2 is 2.20 bits per heavy atom. The van der Waals surface area contributed by atoms with Gasteiger partial charge in [0.2, 0.25) is 0 Å². The lowest BCUT2D eigenvalue weighted by Crippen LogP contribution is -2.38. The van der Waals surface area contributed by atoms with E-state index in [2.05, 4.69) is 4.98 Å². The molecule has 7 nitrogen and oxygen atoms in total. The molecule has 108 valence electrons. The molecule has 1 saturated heterocycles. The highest BCUT2D eigenvalue weighted by atomic mass is 16.6. The van der Waals surface area contributed by atoms with Crippen LogP contribution in [0.3, 0.4) is 0 Å². The normalized spacial score (nSPS) is 29.2. The summed E-state index contributed by atoms with van der Waals surface area (Å²) in [4.78, 5) is 26.8. The van der Waals surface area contributed by atoms with Gasteiger partial charge in [0.1, 0.15) is 0 Å². The summed E-state index contributed by atoms with van der Waals surface area (Å²) < 4.78 is 0. The van der Waals surface area contributed by atoms with E-state index in [4.69, 9.17) is 5.73 Å². The van der Waals surface area contributed by atoms with E-state index in [1.54, 1.807) is 4.90 Å². The maximum atomic E-state index is 12.4. The van der Waals surface area contributed by atoms with Gasteiger partial charge in [0.05, 0.1) is 0 Å². The Bertz CT molecular complexity index is 541. The molecule has 0 aromatic carbocycles. The lowest BCUT2D eigenvalue weighted by atomic mass is 9.78. The van der Waals surface area contributed by atoms with Crippen LogP contribution in [0.15, 0.2) is 12.1 Å². The summed E-state index contributed by atoms with van der Waals surface area (Å²) in [5.74, 6) is 0.534. The number of fused-ring (bicyclic) bond motifs is 1. The van der Waals surface area contributed by atoms with Crippen molar-refractivity contribution in [2.24, 2.45) is 17.6 Å². The maximum Gasteiger partial charge on any atom is 0.321 e. The van der Waals surface area contributed by atoms with Crippen LogP contribution >= 0.6 is 0 Å². The molecule has 2 heterocycles. The molecule has 1 saturated carbocycles. The molecule has 3 atom stereocenters. The van der Waals surface area contributed by atoms with Crippen molar-refractivity contribution in [2.75, 3.05) is 13.1 Å². The van der Waals surface area contributed by atoms with E-state index in [0.29, 0.717) is 24.9 Å². The zero-order valence-electron chi connectivity index (χ0n) is 11.1. The lowest BCUT2D eigenvalue weighted by Gasteiger charge is -2.29. The summed E-state index contributed by atoms with van der Waals surface area (Å²) in [6.07, 6.45) is 3.27. The number of rotatable bonds is 2. The smallest absolute Gasteiger partial charge is 0.321 e. The number of H-pyrrole nitrogens is 1. The highest BCUT2D eigenvalue weighted by Gasteiger charge is 2.41. The molecular formula is C13H18N4O3. The minimum Gasteiger partial charge on any atom is -0.358 e. The summed E-state index contributed by atoms with van der Waals surface area (Å²) in [7, 11) is 0. The number of aromatic nitrogens is 1. The molecule has 3 N–H and O–H groups in total. The fraction of sp³-hybridized carbons (Fsp3) is 0.615. The average Bonchev–Trinajstić information content (AvgIpc) is 3.05. The van der Waals surface area contributed by atoms with Gasteiger partial charge in [0.15, 0.2) is 5.69 Å². The Morgan fingerprint density at radius 3 is 2.85 bits per heavy atom. The van der Waals surface area contributed by atoms with Gasteiger partial charge < -0.3 is 20.7 Å². The molecule has 1 aliphatic heterocycles. The molecule has 1 aromatic heterocycles. The molecule has 3 unspecified atom stereocenters. The number of carbonyl (C=O) groups is 1. The van der Waals surface area contributed by atoms with Crippen molar-refractivity contribution in [3.05, 3.63) is 27.9 Å². The van der Waals surface area contributed by atoms with Crippen LogP contribution in [0.1, 0.15) is 29.8 Å². The second kappa shape index (κ2) is 4.90. The van der Waals surface area contributed by atoms with Crippen molar-refractivity contribution in [1.29, 1.82) is 0 Å². The van der Waals surface area contributed by atoms with E-state index in [1.165, 1.54) is 12.1 Å². The maximum absolute atomic E-state index is 12.4. The first kappa shape index (κ1) is 13.1. The molecular weight excluding hydrogens is 260 g/mol. The van der Waals surface area contributed by atoms with Crippen molar-refractivity contribution in [3.8, 4) is 0 Å². The average molecular weight is 278 g/mol. The van der Waals surface area contributed by atoms with E-state index >= 15 is 0 Å². The Balaban J connectivity index is 1.73. The SMILES string of the molecule is NC1CCCC2CN(C(=O)c3ccc([N+](=O)[O-])[nH]3)CC12. The zero-order chi connectivity index (χ0) is 14.3. The molecule has 2 fully saturated rings. The number of carbonyl (C=O) groups excluding carboxylic acids is 1. The molecule has 1 aliphatic carbocycles. The van der Waals surface area contributed by atoms with Crippen LogP contribution in [0, 0.1) is 22.0 Å². The predicted molar refractivity (Wildman–Crippen MR) is 72.2 cm³/mol. The van der Waals surface area contributed by atoms with Crippen LogP contribution in [-0.4, -0.2) is 39.8 Å². The number of nitrogens with zero attached hydrogens (tertiary/aromatic N) is 2. The monoisotopic (exact) mass is 278 g/mol. The first-order valence-electron chi connectivity index (χ1n) is 6.94. The fourth-order valence-electron chi connectivity index (χ4n) is 3.47. The van der Waals surface area contributed by atoms with Gasteiger partial charge in [-0.15, -0.1) is 0 Å². The highest BCUT2D eigenvalue weighted by Crippen LogP contribution is 2.36. The first-order valence-corrected chi connectivity index (χ1v) is 6.94. The number of nitro groups is 1. The number of hydrogen-bond acceptors (Lipinski definition) is 4. The molecule has 1 amide bonds. The third-order valence-electron chi connectivity index (χ3n) is 4.54. The molecule has 20 heavy (non-hydrogen) atoms. The van der Waals surface area contributed by atoms with Gasteiger partial charge in [-0.2, -0.15) is 0 Å². The second-order valence-electron chi connectivity index (χ2n) is 5.74. The summed E-state index contributed by atoms with van der Waals surface area (Å²) in [5, 5.41) is 10.6. The van der Waals surface area contributed by atoms with Gasteiger partial charge >= 0.3 is 5.82 Å². The van der Waals surface area contributed by atoms with Crippen LogP contribution in [0.2, 0.25) is 0 Å². The van der Waals surface area contributed by atoms with Crippen LogP contribution in [-0.2, 0) is 0 Å². The number of amides is 1. The highest BCUT2D eigenvalue weighted by molar-refractivity contribution is 5.93. The largest absolute Gasteiger partial charge is 0.358 e. The molecule has 1 aromatic rings. The molecule has 0 spiro atoms. The van der Waals surface area contributed by atoms with Gasteiger partial charge in [-0.3, -0.25) is 4.79 Å². The van der Waals surface area contributed by atoms with Gasteiger partial charge in [-0.1, -0.05) is 6.42 Å². The quantitative estimate of drug-likeness (QED) is 0.624. The van der Waals surface area contributed by atoms with Crippen LogP contribution in [0.25, 0.3) is 0 Å². The summed E-state index contributed by atoms with van der Waals surface area (Å²) in [6, 6.07) is 2.97. The van der Waals surface area contributed by atoms with E-state index in [0.717, 1.165) is 19.3 Å². The van der Waals surface area contributed by atoms with E-state index < -0.39 is 4.92 Å².